The lowest BCUT2D eigenvalue weighted by Gasteiger charge is -2.25. The lowest BCUT2D eigenvalue weighted by atomic mass is 9.85. The zero-order chi connectivity index (χ0) is 15.8. The van der Waals surface area contributed by atoms with Crippen LogP contribution in [0.25, 0.3) is 0 Å². The van der Waals surface area contributed by atoms with E-state index in [0.717, 1.165) is 32.2 Å². The van der Waals surface area contributed by atoms with Crippen LogP contribution in [0.4, 0.5) is 0 Å². The van der Waals surface area contributed by atoms with Gasteiger partial charge in [-0.2, -0.15) is 0 Å². The second kappa shape index (κ2) is 9.06. The fourth-order valence-corrected chi connectivity index (χ4v) is 3.19. The molecule has 4 nitrogen and oxygen atoms in total. The third-order valence-corrected chi connectivity index (χ3v) is 4.62. The summed E-state index contributed by atoms with van der Waals surface area (Å²) in [6, 6.07) is 0. The molecule has 0 spiro atoms. The molecule has 0 atom stereocenters. The molecule has 0 unspecified atom stereocenters. The highest BCUT2D eigenvalue weighted by Gasteiger charge is 2.22. The van der Waals surface area contributed by atoms with Crippen LogP contribution in [0.2, 0.25) is 0 Å². The van der Waals surface area contributed by atoms with Gasteiger partial charge in [0.2, 0.25) is 11.8 Å². The highest BCUT2D eigenvalue weighted by molar-refractivity contribution is 5.80. The van der Waals surface area contributed by atoms with E-state index in [4.69, 9.17) is 0 Å². The van der Waals surface area contributed by atoms with Gasteiger partial charge in [0, 0.05) is 25.4 Å². The summed E-state index contributed by atoms with van der Waals surface area (Å²) >= 11 is 0. The van der Waals surface area contributed by atoms with Gasteiger partial charge >= 0.3 is 0 Å². The van der Waals surface area contributed by atoms with Crippen molar-refractivity contribution >= 4 is 11.8 Å². The van der Waals surface area contributed by atoms with Crippen molar-refractivity contribution in [3.05, 3.63) is 0 Å². The van der Waals surface area contributed by atoms with E-state index in [0.29, 0.717) is 30.7 Å². The molecular formula is C17H32N2O2. The van der Waals surface area contributed by atoms with Gasteiger partial charge < -0.3 is 10.6 Å². The Morgan fingerprint density at radius 1 is 1.00 bits per heavy atom. The highest BCUT2D eigenvalue weighted by atomic mass is 16.2. The standard InChI is InChI=1S/C17H32N2O2/c1-12(2)15(13(3)4)11-19-16(20)9-10-18-17(21)14-7-5-6-8-14/h12-15H,5-11H2,1-4H3,(H,18,21)(H,19,20). The molecule has 0 bridgehead atoms. The van der Waals surface area contributed by atoms with Crippen LogP contribution in [0.15, 0.2) is 0 Å². The SMILES string of the molecule is CC(C)C(CNC(=O)CCNC(=O)C1CCCC1)C(C)C. The predicted molar refractivity (Wildman–Crippen MR) is 85.8 cm³/mol. The van der Waals surface area contributed by atoms with Crippen molar-refractivity contribution in [1.29, 1.82) is 0 Å². The average molecular weight is 296 g/mol. The van der Waals surface area contributed by atoms with E-state index in [1.54, 1.807) is 0 Å². The first-order valence-electron chi connectivity index (χ1n) is 8.46. The summed E-state index contributed by atoms with van der Waals surface area (Å²) in [6.07, 6.45) is 4.70. The van der Waals surface area contributed by atoms with Gasteiger partial charge in [0.1, 0.15) is 0 Å². The maximum absolute atomic E-state index is 11.8. The van der Waals surface area contributed by atoms with Gasteiger partial charge in [0.15, 0.2) is 0 Å². The lowest BCUT2D eigenvalue weighted by molar-refractivity contribution is -0.125. The van der Waals surface area contributed by atoms with E-state index in [9.17, 15) is 9.59 Å². The smallest absolute Gasteiger partial charge is 0.223 e. The Kier molecular flexibility index (Phi) is 7.76. The molecule has 1 saturated carbocycles. The van der Waals surface area contributed by atoms with Gasteiger partial charge in [-0.05, 0) is 30.6 Å². The van der Waals surface area contributed by atoms with Crippen molar-refractivity contribution in [3.63, 3.8) is 0 Å². The molecule has 0 aliphatic heterocycles. The van der Waals surface area contributed by atoms with E-state index in [1.807, 2.05) is 0 Å². The van der Waals surface area contributed by atoms with Gasteiger partial charge in [0.05, 0.1) is 0 Å². The Labute approximate surface area is 129 Å². The van der Waals surface area contributed by atoms with E-state index < -0.39 is 0 Å². The summed E-state index contributed by atoms with van der Waals surface area (Å²) < 4.78 is 0. The van der Waals surface area contributed by atoms with Crippen molar-refractivity contribution in [2.45, 2.75) is 59.8 Å². The molecule has 4 heteroatoms. The Morgan fingerprint density at radius 2 is 1.57 bits per heavy atom. The first-order chi connectivity index (χ1) is 9.91. The van der Waals surface area contributed by atoms with Crippen LogP contribution in [0.1, 0.15) is 59.8 Å². The monoisotopic (exact) mass is 296 g/mol. The lowest BCUT2D eigenvalue weighted by Crippen LogP contribution is -2.37. The minimum absolute atomic E-state index is 0.0352. The minimum Gasteiger partial charge on any atom is -0.356 e. The second-order valence-corrected chi connectivity index (χ2v) is 6.98. The molecule has 0 heterocycles. The molecule has 0 aromatic carbocycles. The van der Waals surface area contributed by atoms with E-state index in [-0.39, 0.29) is 17.7 Å². The second-order valence-electron chi connectivity index (χ2n) is 6.98. The van der Waals surface area contributed by atoms with Crippen molar-refractivity contribution in [1.82, 2.24) is 10.6 Å². The number of amides is 2. The molecule has 1 rings (SSSR count). The number of carbonyl (C=O) groups excluding carboxylic acids is 2. The molecule has 0 aromatic rings. The summed E-state index contributed by atoms with van der Waals surface area (Å²) in [6.45, 7) is 9.95. The van der Waals surface area contributed by atoms with Gasteiger partial charge in [-0.25, -0.2) is 0 Å². The van der Waals surface area contributed by atoms with Crippen LogP contribution >= 0.6 is 0 Å². The van der Waals surface area contributed by atoms with Crippen LogP contribution in [0.5, 0.6) is 0 Å². The van der Waals surface area contributed by atoms with Gasteiger partial charge in [-0.15, -0.1) is 0 Å². The Bertz CT molecular complexity index is 326. The molecule has 1 aliphatic rings. The summed E-state index contributed by atoms with van der Waals surface area (Å²) in [5.41, 5.74) is 0. The zero-order valence-electron chi connectivity index (χ0n) is 14.1. The topological polar surface area (TPSA) is 58.2 Å². The first kappa shape index (κ1) is 18.0. The molecule has 1 fully saturated rings. The van der Waals surface area contributed by atoms with Gasteiger partial charge in [-0.1, -0.05) is 40.5 Å². The van der Waals surface area contributed by atoms with Crippen molar-refractivity contribution < 1.29 is 9.59 Å². The van der Waals surface area contributed by atoms with Crippen molar-refractivity contribution in [2.24, 2.45) is 23.7 Å². The van der Waals surface area contributed by atoms with Crippen molar-refractivity contribution in [3.8, 4) is 0 Å². The fourth-order valence-electron chi connectivity index (χ4n) is 3.19. The molecule has 0 saturated heterocycles. The third-order valence-electron chi connectivity index (χ3n) is 4.62. The molecule has 21 heavy (non-hydrogen) atoms. The molecule has 2 amide bonds. The van der Waals surface area contributed by atoms with Crippen LogP contribution < -0.4 is 10.6 Å². The highest BCUT2D eigenvalue weighted by Crippen LogP contribution is 2.24. The summed E-state index contributed by atoms with van der Waals surface area (Å²) in [5, 5.41) is 5.89. The van der Waals surface area contributed by atoms with Crippen LogP contribution in [0.3, 0.4) is 0 Å². The van der Waals surface area contributed by atoms with E-state index in [2.05, 4.69) is 38.3 Å². The summed E-state index contributed by atoms with van der Waals surface area (Å²) in [5.74, 6) is 1.97. The number of hydrogen-bond donors (Lipinski definition) is 2. The summed E-state index contributed by atoms with van der Waals surface area (Å²) in [4.78, 5) is 23.7. The molecule has 0 radical (unpaired) electrons. The van der Waals surface area contributed by atoms with Crippen molar-refractivity contribution in [2.75, 3.05) is 13.1 Å². The van der Waals surface area contributed by atoms with E-state index in [1.165, 1.54) is 0 Å². The first-order valence-corrected chi connectivity index (χ1v) is 8.46. The average Bonchev–Trinajstić information content (AvgIpc) is 2.91. The van der Waals surface area contributed by atoms with Gasteiger partial charge in [-0.3, -0.25) is 9.59 Å². The Morgan fingerprint density at radius 3 is 2.10 bits per heavy atom. The van der Waals surface area contributed by atoms with Crippen LogP contribution in [-0.2, 0) is 9.59 Å². The number of hydrogen-bond acceptors (Lipinski definition) is 2. The maximum Gasteiger partial charge on any atom is 0.223 e. The Hall–Kier alpha value is -1.06. The Balaban J connectivity index is 2.17. The number of rotatable bonds is 8. The molecule has 2 N–H and O–H groups in total. The van der Waals surface area contributed by atoms with E-state index >= 15 is 0 Å². The third kappa shape index (κ3) is 6.49. The van der Waals surface area contributed by atoms with Gasteiger partial charge in [0.25, 0.3) is 0 Å². The number of nitrogens with one attached hydrogen (secondary N) is 2. The maximum atomic E-state index is 11.8. The molecule has 122 valence electrons. The summed E-state index contributed by atoms with van der Waals surface area (Å²) in [7, 11) is 0. The minimum atomic E-state index is 0.0352. The largest absolute Gasteiger partial charge is 0.356 e. The normalized spacial score (nSPS) is 16.0. The quantitative estimate of drug-likeness (QED) is 0.723. The number of carbonyl (C=O) groups is 2. The predicted octanol–water partition coefficient (Wildman–Crippen LogP) is 2.73. The molecule has 1 aliphatic carbocycles. The molecular weight excluding hydrogens is 264 g/mol. The van der Waals surface area contributed by atoms with Crippen LogP contribution in [-0.4, -0.2) is 24.9 Å². The fraction of sp³-hybridized carbons (Fsp3) is 0.882. The zero-order valence-corrected chi connectivity index (χ0v) is 14.1. The molecule has 0 aromatic heterocycles. The van der Waals surface area contributed by atoms with Crippen LogP contribution in [0, 0.1) is 23.7 Å².